The smallest absolute Gasteiger partial charge is 0.0462 e. The number of hydrogen-bond donors (Lipinski definition) is 0. The Morgan fingerprint density at radius 2 is 0.706 bits per heavy atom. The van der Waals surface area contributed by atoms with Crippen molar-refractivity contribution in [3.8, 4) is 55.6 Å². The van der Waals surface area contributed by atoms with Crippen LogP contribution in [0.15, 0.2) is 261 Å². The van der Waals surface area contributed by atoms with E-state index >= 15 is 0 Å². The van der Waals surface area contributed by atoms with Gasteiger partial charge in [0.05, 0.1) is 0 Å². The standard InChI is InChI=1S/C66H43NS/c1-3-16-48(17-4-1)64-60-24-10-9-22-57(60)58-42-35-50(43-62(58)65(64)49-18-5-2-6-19-49)44-29-36-51(37-30-44)67(52-38-31-46(32-39-52)55-25-13-20-45-15-7-8-21-54(45)55)53-40-33-47(34-41-53)56-26-14-27-61-59-23-11-12-28-63(59)68-66(56)61/h1-43H. The first-order valence-corrected chi connectivity index (χ1v) is 24.1. The van der Waals surface area contributed by atoms with Crippen LogP contribution in [-0.4, -0.2) is 0 Å². The molecular formula is C66H43NS. The fraction of sp³-hybridized carbons (Fsp3) is 0. The molecule has 13 aromatic rings. The highest BCUT2D eigenvalue weighted by Crippen LogP contribution is 2.47. The van der Waals surface area contributed by atoms with E-state index < -0.39 is 0 Å². The zero-order valence-electron chi connectivity index (χ0n) is 37.2. The number of nitrogens with zero attached hydrogens (tertiary/aromatic N) is 1. The van der Waals surface area contributed by atoms with E-state index in [2.05, 4.69) is 266 Å². The summed E-state index contributed by atoms with van der Waals surface area (Å²) in [5, 5.41) is 10.2. The predicted molar refractivity (Wildman–Crippen MR) is 294 cm³/mol. The summed E-state index contributed by atoms with van der Waals surface area (Å²) in [5.74, 6) is 0. The lowest BCUT2D eigenvalue weighted by molar-refractivity contribution is 1.28. The molecule has 13 rings (SSSR count). The lowest BCUT2D eigenvalue weighted by Gasteiger charge is -2.26. The van der Waals surface area contributed by atoms with Crippen LogP contribution in [0, 0.1) is 0 Å². The quantitative estimate of drug-likeness (QED) is 0.137. The first-order valence-electron chi connectivity index (χ1n) is 23.3. The summed E-state index contributed by atoms with van der Waals surface area (Å²) >= 11 is 1.88. The first kappa shape index (κ1) is 39.8. The lowest BCUT2D eigenvalue weighted by atomic mass is 9.84. The second-order valence-electron chi connectivity index (χ2n) is 17.6. The molecule has 0 aliphatic rings. The van der Waals surface area contributed by atoms with Crippen LogP contribution in [0.2, 0.25) is 0 Å². The Balaban J connectivity index is 0.927. The van der Waals surface area contributed by atoms with Crippen molar-refractivity contribution in [2.75, 3.05) is 4.90 Å². The van der Waals surface area contributed by atoms with Gasteiger partial charge < -0.3 is 4.90 Å². The van der Waals surface area contributed by atoms with E-state index in [4.69, 9.17) is 0 Å². The van der Waals surface area contributed by atoms with Crippen molar-refractivity contribution < 1.29 is 0 Å². The zero-order valence-corrected chi connectivity index (χ0v) is 38.0. The van der Waals surface area contributed by atoms with Gasteiger partial charge in [-0.05, 0) is 136 Å². The van der Waals surface area contributed by atoms with Crippen molar-refractivity contribution in [2.45, 2.75) is 0 Å². The van der Waals surface area contributed by atoms with Crippen LogP contribution in [0.1, 0.15) is 0 Å². The Kier molecular flexibility index (Phi) is 9.77. The summed E-state index contributed by atoms with van der Waals surface area (Å²) in [6.07, 6.45) is 0. The molecule has 12 aromatic carbocycles. The van der Waals surface area contributed by atoms with Crippen LogP contribution in [0.4, 0.5) is 17.1 Å². The van der Waals surface area contributed by atoms with Crippen molar-refractivity contribution in [2.24, 2.45) is 0 Å². The Bertz CT molecular complexity index is 3980. The van der Waals surface area contributed by atoms with Gasteiger partial charge in [0.2, 0.25) is 0 Å². The fourth-order valence-electron chi connectivity index (χ4n) is 10.5. The van der Waals surface area contributed by atoms with Crippen LogP contribution < -0.4 is 4.90 Å². The molecule has 0 bridgehead atoms. The van der Waals surface area contributed by atoms with Gasteiger partial charge in [-0.15, -0.1) is 11.3 Å². The van der Waals surface area contributed by atoms with Crippen molar-refractivity contribution in [3.05, 3.63) is 261 Å². The Morgan fingerprint density at radius 3 is 1.38 bits per heavy atom. The number of fused-ring (bicyclic) bond motifs is 7. The normalized spacial score (nSPS) is 11.5. The van der Waals surface area contributed by atoms with E-state index in [9.17, 15) is 0 Å². The van der Waals surface area contributed by atoms with Gasteiger partial charge in [0.25, 0.3) is 0 Å². The zero-order chi connectivity index (χ0) is 45.0. The summed E-state index contributed by atoms with van der Waals surface area (Å²) < 4.78 is 2.64. The maximum Gasteiger partial charge on any atom is 0.0462 e. The van der Waals surface area contributed by atoms with Gasteiger partial charge in [0.1, 0.15) is 0 Å². The largest absolute Gasteiger partial charge is 0.311 e. The number of rotatable bonds is 8. The molecule has 318 valence electrons. The second-order valence-corrected chi connectivity index (χ2v) is 18.6. The maximum absolute atomic E-state index is 2.41. The third-order valence-corrected chi connectivity index (χ3v) is 14.9. The van der Waals surface area contributed by atoms with Crippen molar-refractivity contribution >= 4 is 80.9 Å². The molecule has 0 saturated carbocycles. The van der Waals surface area contributed by atoms with Crippen molar-refractivity contribution in [3.63, 3.8) is 0 Å². The highest BCUT2D eigenvalue weighted by molar-refractivity contribution is 7.26. The molecule has 1 heterocycles. The molecule has 0 unspecified atom stereocenters. The molecule has 0 atom stereocenters. The topological polar surface area (TPSA) is 3.24 Å². The molecule has 0 amide bonds. The summed E-state index contributed by atoms with van der Waals surface area (Å²) in [7, 11) is 0. The van der Waals surface area contributed by atoms with E-state index in [0.717, 1.165) is 17.1 Å². The third kappa shape index (κ3) is 6.85. The first-order chi connectivity index (χ1) is 33.7. The molecule has 0 saturated heterocycles. The number of anilines is 3. The predicted octanol–water partition coefficient (Wildman–Crippen LogP) is 19.3. The molecule has 0 spiro atoms. The molecule has 0 aliphatic heterocycles. The number of hydrogen-bond acceptors (Lipinski definition) is 2. The van der Waals surface area contributed by atoms with Crippen LogP contribution >= 0.6 is 11.3 Å². The molecule has 0 radical (unpaired) electrons. The van der Waals surface area contributed by atoms with Crippen molar-refractivity contribution in [1.29, 1.82) is 0 Å². The van der Waals surface area contributed by atoms with Gasteiger partial charge in [0, 0.05) is 37.2 Å². The molecule has 0 aliphatic carbocycles. The minimum atomic E-state index is 1.09. The summed E-state index contributed by atoms with van der Waals surface area (Å²) in [6.45, 7) is 0. The SMILES string of the molecule is c1ccc(-c2c(-c3ccccc3)c3cc(-c4ccc(N(c5ccc(-c6cccc7ccccc67)cc5)c5ccc(-c6cccc7c6sc6ccccc67)cc5)cc4)ccc3c3ccccc23)cc1. The Labute approximate surface area is 400 Å². The van der Waals surface area contributed by atoms with Gasteiger partial charge in [-0.3, -0.25) is 0 Å². The van der Waals surface area contributed by atoms with Crippen molar-refractivity contribution in [1.82, 2.24) is 0 Å². The minimum absolute atomic E-state index is 1.09. The van der Waals surface area contributed by atoms with E-state index in [1.54, 1.807) is 0 Å². The second kappa shape index (κ2) is 16.7. The minimum Gasteiger partial charge on any atom is -0.311 e. The fourth-order valence-corrected chi connectivity index (χ4v) is 11.7. The molecule has 68 heavy (non-hydrogen) atoms. The third-order valence-electron chi connectivity index (χ3n) is 13.7. The monoisotopic (exact) mass is 881 g/mol. The van der Waals surface area contributed by atoms with E-state index in [0.29, 0.717) is 0 Å². The van der Waals surface area contributed by atoms with Gasteiger partial charge in [-0.2, -0.15) is 0 Å². The Morgan fingerprint density at radius 1 is 0.250 bits per heavy atom. The highest BCUT2D eigenvalue weighted by Gasteiger charge is 2.20. The van der Waals surface area contributed by atoms with Crippen LogP contribution in [0.3, 0.4) is 0 Å². The van der Waals surface area contributed by atoms with Gasteiger partial charge in [-0.25, -0.2) is 0 Å². The van der Waals surface area contributed by atoms with Gasteiger partial charge >= 0.3 is 0 Å². The van der Waals surface area contributed by atoms with Gasteiger partial charge in [-0.1, -0.05) is 212 Å². The molecule has 0 fully saturated rings. The van der Waals surface area contributed by atoms with E-state index in [1.165, 1.54) is 108 Å². The van der Waals surface area contributed by atoms with Gasteiger partial charge in [0.15, 0.2) is 0 Å². The number of thiophene rings is 1. The summed E-state index contributed by atoms with van der Waals surface area (Å²) in [5.41, 5.74) is 15.5. The molecule has 1 nitrogen and oxygen atoms in total. The Hall–Kier alpha value is -8.56. The average Bonchev–Trinajstić information content (AvgIpc) is 3.80. The maximum atomic E-state index is 2.41. The number of benzene rings is 12. The summed E-state index contributed by atoms with van der Waals surface area (Å²) in [4.78, 5) is 2.38. The summed E-state index contributed by atoms with van der Waals surface area (Å²) in [6, 6.07) is 95.6. The molecule has 1 aromatic heterocycles. The molecular weight excluding hydrogens is 839 g/mol. The van der Waals surface area contributed by atoms with E-state index in [-0.39, 0.29) is 0 Å². The average molecular weight is 882 g/mol. The van der Waals surface area contributed by atoms with E-state index in [1.807, 2.05) is 11.3 Å². The van der Waals surface area contributed by atoms with Crippen LogP contribution in [-0.2, 0) is 0 Å². The molecule has 2 heteroatoms. The molecule has 0 N–H and O–H groups in total. The lowest BCUT2D eigenvalue weighted by Crippen LogP contribution is -2.09. The van der Waals surface area contributed by atoms with Crippen LogP contribution in [0.25, 0.3) is 108 Å². The van der Waals surface area contributed by atoms with Crippen LogP contribution in [0.5, 0.6) is 0 Å². The highest BCUT2D eigenvalue weighted by atomic mass is 32.1.